The monoisotopic (exact) mass is 458 g/mol. The summed E-state index contributed by atoms with van der Waals surface area (Å²) in [5.74, 6) is -0.232. The number of hydrogen-bond acceptors (Lipinski definition) is 3. The van der Waals surface area contributed by atoms with Gasteiger partial charge in [0.2, 0.25) is 0 Å². The molecule has 0 unspecified atom stereocenters. The average Bonchev–Trinajstić information content (AvgIpc) is 3.08. The van der Waals surface area contributed by atoms with Crippen LogP contribution in [0.15, 0.2) is 42.5 Å². The molecule has 0 amide bonds. The molecule has 2 atom stereocenters. The standard InChI is InChI=1S/C23H28F2N2O.2ClH/c24-18-5-3-17(4-6-18)21-16-23(22-15-19(25)7-8-20(21)22)27-12-10-26(11-13-27)9-1-2-14-28;;/h3-8,15,21,23,28H,1-2,9-14,16H2;2*1H/t21-,23+;;/m1../s1. The van der Waals surface area contributed by atoms with E-state index in [1.165, 1.54) is 23.8 Å². The van der Waals surface area contributed by atoms with Gasteiger partial charge in [-0.3, -0.25) is 4.90 Å². The number of nitrogens with zero attached hydrogens (tertiary/aromatic N) is 2. The SMILES string of the molecule is Cl.Cl.OCCCCN1CCN([C@H]2C[C@H](c3ccc(F)cc3)c3ccc(F)cc32)CC1. The van der Waals surface area contributed by atoms with E-state index in [0.717, 1.165) is 63.1 Å². The molecule has 1 aliphatic heterocycles. The van der Waals surface area contributed by atoms with Gasteiger partial charge in [-0.25, -0.2) is 8.78 Å². The van der Waals surface area contributed by atoms with Gasteiger partial charge in [0.25, 0.3) is 0 Å². The molecule has 30 heavy (non-hydrogen) atoms. The summed E-state index contributed by atoms with van der Waals surface area (Å²) >= 11 is 0. The van der Waals surface area contributed by atoms with E-state index in [4.69, 9.17) is 5.11 Å². The van der Waals surface area contributed by atoms with Crippen molar-refractivity contribution in [2.75, 3.05) is 39.3 Å². The minimum absolute atomic E-state index is 0. The third-order valence-corrected chi connectivity index (χ3v) is 6.24. The predicted octanol–water partition coefficient (Wildman–Crippen LogP) is 4.78. The molecule has 0 saturated carbocycles. The van der Waals surface area contributed by atoms with Crippen molar-refractivity contribution in [3.8, 4) is 0 Å². The molecule has 1 heterocycles. The van der Waals surface area contributed by atoms with Gasteiger partial charge >= 0.3 is 0 Å². The topological polar surface area (TPSA) is 26.7 Å². The molecular formula is C23H30Cl2F2N2O. The van der Waals surface area contributed by atoms with Gasteiger partial charge in [-0.2, -0.15) is 0 Å². The Morgan fingerprint density at radius 1 is 0.833 bits per heavy atom. The fourth-order valence-corrected chi connectivity index (χ4v) is 4.73. The zero-order chi connectivity index (χ0) is 19.5. The van der Waals surface area contributed by atoms with Crippen molar-refractivity contribution in [1.29, 1.82) is 0 Å². The Morgan fingerprint density at radius 3 is 2.17 bits per heavy atom. The van der Waals surface area contributed by atoms with Crippen molar-refractivity contribution in [2.45, 2.75) is 31.2 Å². The smallest absolute Gasteiger partial charge is 0.123 e. The Kier molecular flexibility index (Phi) is 9.51. The molecule has 0 radical (unpaired) electrons. The van der Waals surface area contributed by atoms with E-state index in [1.807, 2.05) is 18.2 Å². The lowest BCUT2D eigenvalue weighted by Crippen LogP contribution is -2.47. The van der Waals surface area contributed by atoms with E-state index < -0.39 is 0 Å². The summed E-state index contributed by atoms with van der Waals surface area (Å²) in [5, 5.41) is 8.95. The van der Waals surface area contributed by atoms with Crippen LogP contribution in [0.25, 0.3) is 0 Å². The maximum Gasteiger partial charge on any atom is 0.123 e. The normalized spacial score (nSPS) is 21.6. The number of aliphatic hydroxyl groups is 1. The third kappa shape index (κ3) is 5.51. The maximum atomic E-state index is 14.0. The Bertz CT molecular complexity index is 798. The van der Waals surface area contributed by atoms with Crippen molar-refractivity contribution in [3.05, 3.63) is 70.8 Å². The van der Waals surface area contributed by atoms with Crippen LogP contribution in [0.3, 0.4) is 0 Å². The molecule has 1 N–H and O–H groups in total. The number of fused-ring (bicyclic) bond motifs is 1. The largest absolute Gasteiger partial charge is 0.396 e. The molecule has 1 aliphatic carbocycles. The van der Waals surface area contributed by atoms with Gasteiger partial charge in [-0.05, 0) is 66.8 Å². The molecule has 0 spiro atoms. The number of aliphatic hydroxyl groups excluding tert-OH is 1. The van der Waals surface area contributed by atoms with E-state index >= 15 is 0 Å². The molecular weight excluding hydrogens is 429 g/mol. The number of unbranched alkanes of at least 4 members (excludes halogenated alkanes) is 1. The quantitative estimate of drug-likeness (QED) is 0.631. The second-order valence-electron chi connectivity index (χ2n) is 7.94. The summed E-state index contributed by atoms with van der Waals surface area (Å²) < 4.78 is 27.4. The van der Waals surface area contributed by atoms with Gasteiger partial charge in [0.15, 0.2) is 0 Å². The summed E-state index contributed by atoms with van der Waals surface area (Å²) in [6, 6.07) is 12.1. The van der Waals surface area contributed by atoms with E-state index in [-0.39, 0.29) is 55.0 Å². The third-order valence-electron chi connectivity index (χ3n) is 6.24. The van der Waals surface area contributed by atoms with Gasteiger partial charge in [0.1, 0.15) is 11.6 Å². The molecule has 2 aromatic rings. The Labute approximate surface area is 189 Å². The van der Waals surface area contributed by atoms with Crippen LogP contribution in [0, 0.1) is 11.6 Å². The number of piperazine rings is 1. The molecule has 1 saturated heterocycles. The van der Waals surface area contributed by atoms with Gasteiger partial charge in [-0.15, -0.1) is 24.8 Å². The van der Waals surface area contributed by atoms with Crippen LogP contribution in [0.2, 0.25) is 0 Å². The zero-order valence-electron chi connectivity index (χ0n) is 17.0. The summed E-state index contributed by atoms with van der Waals surface area (Å²) in [4.78, 5) is 4.93. The number of benzene rings is 2. The zero-order valence-corrected chi connectivity index (χ0v) is 18.6. The fourth-order valence-electron chi connectivity index (χ4n) is 4.73. The number of halogens is 4. The summed E-state index contributed by atoms with van der Waals surface area (Å²) in [5.41, 5.74) is 3.35. The number of hydrogen-bond donors (Lipinski definition) is 1. The molecule has 2 aromatic carbocycles. The number of rotatable bonds is 6. The first-order valence-electron chi connectivity index (χ1n) is 10.3. The van der Waals surface area contributed by atoms with Crippen molar-refractivity contribution >= 4 is 24.8 Å². The van der Waals surface area contributed by atoms with Crippen molar-refractivity contribution in [3.63, 3.8) is 0 Å². The molecule has 2 aliphatic rings. The minimum Gasteiger partial charge on any atom is -0.396 e. The first-order valence-corrected chi connectivity index (χ1v) is 10.3. The molecule has 0 bridgehead atoms. The van der Waals surface area contributed by atoms with Gasteiger partial charge in [0, 0.05) is 44.7 Å². The lowest BCUT2D eigenvalue weighted by atomic mass is 9.93. The molecule has 7 heteroatoms. The summed E-state index contributed by atoms with van der Waals surface area (Å²) in [6.45, 7) is 5.24. The second kappa shape index (κ2) is 11.4. The van der Waals surface area contributed by atoms with E-state index in [2.05, 4.69) is 9.80 Å². The van der Waals surface area contributed by atoms with Gasteiger partial charge in [0.05, 0.1) is 0 Å². The lowest BCUT2D eigenvalue weighted by molar-refractivity contribution is 0.0926. The Hall–Kier alpha value is -1.24. The van der Waals surface area contributed by atoms with Crippen LogP contribution in [0.4, 0.5) is 8.78 Å². The molecule has 3 nitrogen and oxygen atoms in total. The molecule has 4 rings (SSSR count). The first-order chi connectivity index (χ1) is 13.7. The van der Waals surface area contributed by atoms with E-state index in [0.29, 0.717) is 0 Å². The highest BCUT2D eigenvalue weighted by Crippen LogP contribution is 2.47. The first kappa shape index (κ1) is 25.0. The van der Waals surface area contributed by atoms with Gasteiger partial charge in [-0.1, -0.05) is 18.2 Å². The summed E-state index contributed by atoms with van der Waals surface area (Å²) in [6.07, 6.45) is 2.80. The van der Waals surface area contributed by atoms with Crippen molar-refractivity contribution in [1.82, 2.24) is 9.80 Å². The molecule has 0 aromatic heterocycles. The van der Waals surface area contributed by atoms with Crippen LogP contribution in [0.1, 0.15) is 47.9 Å². The van der Waals surface area contributed by atoms with Gasteiger partial charge < -0.3 is 10.0 Å². The highest BCUT2D eigenvalue weighted by molar-refractivity contribution is 5.85. The van der Waals surface area contributed by atoms with Crippen molar-refractivity contribution in [2.24, 2.45) is 0 Å². The van der Waals surface area contributed by atoms with Crippen LogP contribution < -0.4 is 0 Å². The highest BCUT2D eigenvalue weighted by atomic mass is 35.5. The van der Waals surface area contributed by atoms with E-state index in [9.17, 15) is 8.78 Å². The predicted molar refractivity (Wildman–Crippen MR) is 121 cm³/mol. The highest BCUT2D eigenvalue weighted by Gasteiger charge is 2.36. The van der Waals surface area contributed by atoms with Crippen LogP contribution >= 0.6 is 24.8 Å². The van der Waals surface area contributed by atoms with Crippen LogP contribution in [0.5, 0.6) is 0 Å². The lowest BCUT2D eigenvalue weighted by Gasteiger charge is -2.38. The van der Waals surface area contributed by atoms with Crippen LogP contribution in [-0.4, -0.2) is 54.2 Å². The Balaban J connectivity index is 0.00000160. The Morgan fingerprint density at radius 2 is 1.50 bits per heavy atom. The molecule has 1 fully saturated rings. The average molecular weight is 459 g/mol. The maximum absolute atomic E-state index is 14.0. The fraction of sp³-hybridized carbons (Fsp3) is 0.478. The molecule has 166 valence electrons. The second-order valence-corrected chi connectivity index (χ2v) is 7.94. The van der Waals surface area contributed by atoms with Crippen molar-refractivity contribution < 1.29 is 13.9 Å². The summed E-state index contributed by atoms with van der Waals surface area (Å²) in [7, 11) is 0. The van der Waals surface area contributed by atoms with E-state index in [1.54, 1.807) is 6.07 Å². The van der Waals surface area contributed by atoms with Crippen LogP contribution in [-0.2, 0) is 0 Å². The minimum atomic E-state index is -0.227.